The number of nitrogens with zero attached hydrogens (tertiary/aromatic N) is 1. The molecule has 2 atom stereocenters. The summed E-state index contributed by atoms with van der Waals surface area (Å²) in [6.07, 6.45) is 0.197. The lowest BCUT2D eigenvalue weighted by atomic mass is 10.1. The van der Waals surface area contributed by atoms with Gasteiger partial charge < -0.3 is 20.2 Å². The molecule has 2 aromatic carbocycles. The number of nitrogens with one attached hydrogen (secondary N) is 2. The molecule has 2 amide bonds. The average Bonchev–Trinajstić information content (AvgIpc) is 3.25. The van der Waals surface area contributed by atoms with Crippen molar-refractivity contribution in [1.82, 2.24) is 10.6 Å². The minimum Gasteiger partial charge on any atom is -0.445 e. The number of thioether (sulfide) groups is 1. The molecule has 7 nitrogen and oxygen atoms in total. The summed E-state index contributed by atoms with van der Waals surface area (Å²) in [5.41, 5.74) is 1.81. The first-order chi connectivity index (χ1) is 15.1. The normalized spacial score (nSPS) is 16.0. The van der Waals surface area contributed by atoms with Crippen LogP contribution in [-0.4, -0.2) is 41.5 Å². The molecular weight excluding hydrogens is 414 g/mol. The Bertz CT molecular complexity index is 877. The van der Waals surface area contributed by atoms with E-state index in [0.29, 0.717) is 19.4 Å². The van der Waals surface area contributed by atoms with E-state index in [2.05, 4.69) is 22.7 Å². The Morgan fingerprint density at radius 1 is 1.13 bits per heavy atom. The predicted octanol–water partition coefficient (Wildman–Crippen LogP) is 3.50. The molecule has 31 heavy (non-hydrogen) atoms. The van der Waals surface area contributed by atoms with Gasteiger partial charge in [-0.05, 0) is 16.9 Å². The van der Waals surface area contributed by atoms with Gasteiger partial charge >= 0.3 is 6.09 Å². The van der Waals surface area contributed by atoms with E-state index in [1.807, 2.05) is 60.7 Å². The van der Waals surface area contributed by atoms with Crippen LogP contribution in [0.15, 0.2) is 65.8 Å². The maximum Gasteiger partial charge on any atom is 0.408 e. The molecule has 0 fully saturated rings. The van der Waals surface area contributed by atoms with Crippen LogP contribution in [0.2, 0.25) is 0 Å². The maximum atomic E-state index is 12.8. The van der Waals surface area contributed by atoms with Gasteiger partial charge in [0.15, 0.2) is 6.10 Å². The Kier molecular flexibility index (Phi) is 8.78. The number of oxime groups is 1. The fourth-order valence-corrected chi connectivity index (χ4v) is 3.80. The van der Waals surface area contributed by atoms with E-state index in [-0.39, 0.29) is 18.6 Å². The molecular formula is C23H27N3O4S. The molecule has 0 radical (unpaired) electrons. The molecule has 0 saturated carbocycles. The number of carbonyl (C=O) groups is 2. The van der Waals surface area contributed by atoms with Gasteiger partial charge in [0.2, 0.25) is 5.91 Å². The number of carbonyl (C=O) groups excluding carboxylic acids is 2. The molecule has 1 heterocycles. The molecule has 0 saturated heterocycles. The molecule has 1 unspecified atom stereocenters. The van der Waals surface area contributed by atoms with E-state index in [0.717, 1.165) is 21.9 Å². The average molecular weight is 442 g/mol. The number of amides is 2. The van der Waals surface area contributed by atoms with Gasteiger partial charge in [-0.2, -0.15) is 0 Å². The van der Waals surface area contributed by atoms with Gasteiger partial charge in [-0.15, -0.1) is 11.8 Å². The van der Waals surface area contributed by atoms with Gasteiger partial charge in [0.25, 0.3) is 0 Å². The molecule has 1 aliphatic rings. The first-order valence-electron chi connectivity index (χ1n) is 10.3. The van der Waals surface area contributed by atoms with Crippen LogP contribution in [0.25, 0.3) is 0 Å². The van der Waals surface area contributed by atoms with Crippen molar-refractivity contribution in [1.29, 1.82) is 0 Å². The Balaban J connectivity index is 1.54. The second-order valence-corrected chi connectivity index (χ2v) is 8.38. The van der Waals surface area contributed by atoms with Crippen LogP contribution in [0.3, 0.4) is 0 Å². The monoisotopic (exact) mass is 441 g/mol. The van der Waals surface area contributed by atoms with E-state index in [4.69, 9.17) is 9.57 Å². The highest BCUT2D eigenvalue weighted by molar-refractivity contribution is 8.13. The van der Waals surface area contributed by atoms with Gasteiger partial charge in [0.1, 0.15) is 17.7 Å². The Hall–Kier alpha value is -3.00. The molecule has 164 valence electrons. The summed E-state index contributed by atoms with van der Waals surface area (Å²) in [6, 6.07) is 18.2. The number of ether oxygens (including phenoxy) is 1. The van der Waals surface area contributed by atoms with Crippen LogP contribution in [0, 0.1) is 0 Å². The van der Waals surface area contributed by atoms with Gasteiger partial charge in [0.05, 0.1) is 6.54 Å². The first-order valence-corrected chi connectivity index (χ1v) is 11.3. The second kappa shape index (κ2) is 12.0. The minimum absolute atomic E-state index is 0.136. The van der Waals surface area contributed by atoms with Crippen molar-refractivity contribution in [3.05, 3.63) is 71.8 Å². The SMILES string of the molecule is CCSC1=NOC(CNC(=O)[C@H](Cc2ccccc2)NC(=O)OCc2ccccc2)C1. The number of rotatable bonds is 9. The molecule has 8 heteroatoms. The van der Waals surface area contributed by atoms with Crippen LogP contribution in [0.4, 0.5) is 4.79 Å². The van der Waals surface area contributed by atoms with Crippen molar-refractivity contribution in [2.24, 2.45) is 5.16 Å². The van der Waals surface area contributed by atoms with E-state index in [9.17, 15) is 9.59 Å². The summed E-state index contributed by atoms with van der Waals surface area (Å²) in [5, 5.41) is 10.5. The van der Waals surface area contributed by atoms with Gasteiger partial charge in [0, 0.05) is 12.8 Å². The zero-order chi connectivity index (χ0) is 21.9. The lowest BCUT2D eigenvalue weighted by Crippen LogP contribution is -2.49. The highest BCUT2D eigenvalue weighted by Crippen LogP contribution is 2.18. The lowest BCUT2D eigenvalue weighted by molar-refractivity contribution is -0.123. The largest absolute Gasteiger partial charge is 0.445 e. The topological polar surface area (TPSA) is 89.0 Å². The molecule has 1 aliphatic heterocycles. The molecule has 0 aromatic heterocycles. The third-order valence-corrected chi connectivity index (χ3v) is 5.49. The van der Waals surface area contributed by atoms with E-state index < -0.39 is 12.1 Å². The first kappa shape index (κ1) is 22.7. The molecule has 2 aromatic rings. The Morgan fingerprint density at radius 3 is 2.48 bits per heavy atom. The van der Waals surface area contributed by atoms with Crippen LogP contribution < -0.4 is 10.6 Å². The molecule has 0 bridgehead atoms. The third-order valence-electron chi connectivity index (χ3n) is 4.62. The highest BCUT2D eigenvalue weighted by Gasteiger charge is 2.25. The molecule has 3 rings (SSSR count). The summed E-state index contributed by atoms with van der Waals surface area (Å²) < 4.78 is 5.29. The summed E-state index contributed by atoms with van der Waals surface area (Å²) in [6.45, 7) is 2.51. The zero-order valence-electron chi connectivity index (χ0n) is 17.5. The lowest BCUT2D eigenvalue weighted by Gasteiger charge is -2.19. The van der Waals surface area contributed by atoms with Crippen LogP contribution in [0.5, 0.6) is 0 Å². The van der Waals surface area contributed by atoms with E-state index in [1.54, 1.807) is 11.8 Å². The fourth-order valence-electron chi connectivity index (χ4n) is 3.07. The van der Waals surface area contributed by atoms with Crippen molar-refractivity contribution < 1.29 is 19.2 Å². The predicted molar refractivity (Wildman–Crippen MR) is 122 cm³/mol. The van der Waals surface area contributed by atoms with Crippen LogP contribution in [0.1, 0.15) is 24.5 Å². The maximum absolute atomic E-state index is 12.8. The van der Waals surface area contributed by atoms with Gasteiger partial charge in [-0.3, -0.25) is 4.79 Å². The Morgan fingerprint density at radius 2 is 1.81 bits per heavy atom. The second-order valence-electron chi connectivity index (χ2n) is 7.04. The summed E-state index contributed by atoms with van der Waals surface area (Å²) >= 11 is 1.64. The highest BCUT2D eigenvalue weighted by atomic mass is 32.2. The van der Waals surface area contributed by atoms with Crippen molar-refractivity contribution in [3.8, 4) is 0 Å². The fraction of sp³-hybridized carbons (Fsp3) is 0.348. The van der Waals surface area contributed by atoms with E-state index in [1.165, 1.54) is 0 Å². The van der Waals surface area contributed by atoms with Crippen LogP contribution >= 0.6 is 11.8 Å². The summed E-state index contributed by atoms with van der Waals surface area (Å²) in [4.78, 5) is 30.6. The quantitative estimate of drug-likeness (QED) is 0.622. The van der Waals surface area contributed by atoms with E-state index >= 15 is 0 Å². The third kappa shape index (κ3) is 7.64. The standard InChI is InChI=1S/C23H27N3O4S/c1-2-31-21-14-19(30-26-21)15-24-22(27)20(13-17-9-5-3-6-10-17)25-23(28)29-16-18-11-7-4-8-12-18/h3-12,19-20H,2,13-16H2,1H3,(H,24,27)(H,25,28)/t19?,20-/m0/s1. The van der Waals surface area contributed by atoms with Crippen LogP contribution in [-0.2, 0) is 27.4 Å². The zero-order valence-corrected chi connectivity index (χ0v) is 18.3. The number of benzene rings is 2. The van der Waals surface area contributed by atoms with Crippen molar-refractivity contribution in [2.75, 3.05) is 12.3 Å². The molecule has 0 aliphatic carbocycles. The number of alkyl carbamates (subject to hydrolysis) is 1. The van der Waals surface area contributed by atoms with Gasteiger partial charge in [-0.25, -0.2) is 4.79 Å². The van der Waals surface area contributed by atoms with Crippen molar-refractivity contribution >= 4 is 28.8 Å². The van der Waals surface area contributed by atoms with Crippen molar-refractivity contribution in [2.45, 2.75) is 38.5 Å². The molecule has 2 N–H and O–H groups in total. The van der Waals surface area contributed by atoms with Crippen molar-refractivity contribution in [3.63, 3.8) is 0 Å². The number of hydrogen-bond acceptors (Lipinski definition) is 6. The Labute approximate surface area is 186 Å². The summed E-state index contributed by atoms with van der Waals surface area (Å²) in [5.74, 6) is 0.635. The van der Waals surface area contributed by atoms with Gasteiger partial charge in [-0.1, -0.05) is 72.7 Å². The minimum atomic E-state index is -0.766. The summed E-state index contributed by atoms with van der Waals surface area (Å²) in [7, 11) is 0. The smallest absolute Gasteiger partial charge is 0.408 e. The molecule has 0 spiro atoms. The number of hydrogen-bond donors (Lipinski definition) is 2.